The van der Waals surface area contributed by atoms with E-state index >= 15 is 0 Å². The van der Waals surface area contributed by atoms with Crippen LogP contribution in [0.2, 0.25) is 0 Å². The van der Waals surface area contributed by atoms with Gasteiger partial charge in [0.05, 0.1) is 18.2 Å². The monoisotopic (exact) mass is 359 g/mol. The lowest BCUT2D eigenvalue weighted by Crippen LogP contribution is -2.46. The zero-order valence-corrected chi connectivity index (χ0v) is 15.7. The quantitative estimate of drug-likeness (QED) is 0.480. The normalized spacial score (nSPS) is 20.4. The molecular formula is C24H25NO2. The van der Waals surface area contributed by atoms with Crippen LogP contribution < -0.4 is 0 Å². The summed E-state index contributed by atoms with van der Waals surface area (Å²) in [6, 6.07) is 30.1. The Labute approximate surface area is 160 Å². The van der Waals surface area contributed by atoms with E-state index in [9.17, 15) is 5.21 Å². The summed E-state index contributed by atoms with van der Waals surface area (Å²) in [6.45, 7) is 4.66. The number of hydrogen-bond donors (Lipinski definition) is 1. The SMILES string of the molecule is CC(C)(c1ccccc1)N(O)[C@H](c1ccccc1)[C@@]1(c2ccccc2)CO1. The predicted molar refractivity (Wildman–Crippen MR) is 106 cm³/mol. The second-order valence-electron chi connectivity index (χ2n) is 7.63. The summed E-state index contributed by atoms with van der Waals surface area (Å²) in [4.78, 5) is 0. The first kappa shape index (κ1) is 17.9. The minimum atomic E-state index is -0.588. The fourth-order valence-electron chi connectivity index (χ4n) is 3.82. The van der Waals surface area contributed by atoms with Gasteiger partial charge < -0.3 is 9.94 Å². The topological polar surface area (TPSA) is 36.0 Å². The number of rotatable bonds is 6. The third-order valence-corrected chi connectivity index (χ3v) is 5.57. The van der Waals surface area contributed by atoms with E-state index < -0.39 is 11.1 Å². The maximum absolute atomic E-state index is 11.5. The van der Waals surface area contributed by atoms with Crippen LogP contribution in [0.5, 0.6) is 0 Å². The molecule has 1 aliphatic rings. The fourth-order valence-corrected chi connectivity index (χ4v) is 3.82. The number of hydroxylamine groups is 2. The molecule has 1 heterocycles. The number of epoxide rings is 1. The summed E-state index contributed by atoms with van der Waals surface area (Å²) >= 11 is 0. The predicted octanol–water partition coefficient (Wildman–Crippen LogP) is 5.28. The summed E-state index contributed by atoms with van der Waals surface area (Å²) in [7, 11) is 0. The van der Waals surface area contributed by atoms with Crippen molar-refractivity contribution in [2.24, 2.45) is 0 Å². The molecular weight excluding hydrogens is 334 g/mol. The summed E-state index contributed by atoms with van der Waals surface area (Å²) in [5, 5.41) is 13.0. The minimum Gasteiger partial charge on any atom is -0.362 e. The number of hydrogen-bond acceptors (Lipinski definition) is 3. The lowest BCUT2D eigenvalue weighted by atomic mass is 9.83. The van der Waals surface area contributed by atoms with Gasteiger partial charge in [-0.3, -0.25) is 0 Å². The Morgan fingerprint density at radius 2 is 1.33 bits per heavy atom. The van der Waals surface area contributed by atoms with Crippen LogP contribution in [0.25, 0.3) is 0 Å². The van der Waals surface area contributed by atoms with Gasteiger partial charge in [0.25, 0.3) is 0 Å². The molecule has 0 unspecified atom stereocenters. The van der Waals surface area contributed by atoms with Gasteiger partial charge in [-0.05, 0) is 30.5 Å². The number of nitrogens with zero attached hydrogens (tertiary/aromatic N) is 1. The van der Waals surface area contributed by atoms with E-state index in [1.54, 1.807) is 0 Å². The van der Waals surface area contributed by atoms with Gasteiger partial charge in [0.2, 0.25) is 0 Å². The Morgan fingerprint density at radius 1 is 0.852 bits per heavy atom. The third kappa shape index (κ3) is 3.19. The Hall–Kier alpha value is -2.46. The van der Waals surface area contributed by atoms with Crippen LogP contribution in [0.4, 0.5) is 0 Å². The first-order chi connectivity index (χ1) is 13.1. The Bertz CT molecular complexity index is 874. The van der Waals surface area contributed by atoms with Crippen molar-refractivity contribution < 1.29 is 9.94 Å². The van der Waals surface area contributed by atoms with Crippen molar-refractivity contribution in [2.45, 2.75) is 31.0 Å². The van der Waals surface area contributed by atoms with Crippen LogP contribution in [0.1, 0.15) is 36.6 Å². The van der Waals surface area contributed by atoms with Crippen LogP contribution >= 0.6 is 0 Å². The van der Waals surface area contributed by atoms with E-state index in [-0.39, 0.29) is 6.04 Å². The molecule has 2 atom stereocenters. The van der Waals surface area contributed by atoms with E-state index in [2.05, 4.69) is 24.3 Å². The molecule has 0 bridgehead atoms. The molecule has 0 aromatic heterocycles. The average Bonchev–Trinajstić information content (AvgIpc) is 3.52. The van der Waals surface area contributed by atoms with Crippen molar-refractivity contribution in [1.29, 1.82) is 0 Å². The lowest BCUT2D eigenvalue weighted by Gasteiger charge is -2.42. The molecule has 3 aromatic carbocycles. The molecule has 1 N–H and O–H groups in total. The molecule has 0 aliphatic carbocycles. The molecule has 1 fully saturated rings. The highest BCUT2D eigenvalue weighted by atomic mass is 16.6. The average molecular weight is 359 g/mol. The van der Waals surface area contributed by atoms with E-state index in [0.29, 0.717) is 6.61 Å². The van der Waals surface area contributed by atoms with Crippen molar-refractivity contribution in [2.75, 3.05) is 6.61 Å². The second-order valence-corrected chi connectivity index (χ2v) is 7.63. The van der Waals surface area contributed by atoms with Gasteiger partial charge in [-0.25, -0.2) is 0 Å². The molecule has 1 saturated heterocycles. The Morgan fingerprint density at radius 3 is 1.85 bits per heavy atom. The van der Waals surface area contributed by atoms with Gasteiger partial charge in [0.15, 0.2) is 0 Å². The van der Waals surface area contributed by atoms with Crippen LogP contribution in [0, 0.1) is 0 Å². The minimum absolute atomic E-state index is 0.323. The first-order valence-corrected chi connectivity index (χ1v) is 9.34. The molecule has 0 saturated carbocycles. The highest BCUT2D eigenvalue weighted by Gasteiger charge is 2.58. The smallest absolute Gasteiger partial charge is 0.138 e. The van der Waals surface area contributed by atoms with Crippen LogP contribution in [-0.2, 0) is 15.9 Å². The van der Waals surface area contributed by atoms with Gasteiger partial charge in [-0.1, -0.05) is 91.0 Å². The van der Waals surface area contributed by atoms with E-state index in [1.165, 1.54) is 5.06 Å². The first-order valence-electron chi connectivity index (χ1n) is 9.34. The highest BCUT2D eigenvalue weighted by molar-refractivity contribution is 5.35. The van der Waals surface area contributed by atoms with Crippen molar-refractivity contribution in [3.05, 3.63) is 108 Å². The largest absolute Gasteiger partial charge is 0.362 e. The molecule has 1 aliphatic heterocycles. The standard InChI is InChI=1S/C24H25NO2/c1-23(2,20-14-8-4-9-15-20)25(26)22(19-12-6-3-7-13-19)24(18-27-24)21-16-10-5-11-17-21/h3-17,22,26H,18H2,1-2H3/t22-,24+/m1/s1. The summed E-state index contributed by atoms with van der Waals surface area (Å²) in [5.41, 5.74) is 2.03. The lowest BCUT2D eigenvalue weighted by molar-refractivity contribution is -0.215. The highest BCUT2D eigenvalue weighted by Crippen LogP contribution is 2.53. The molecule has 138 valence electrons. The molecule has 3 aromatic rings. The van der Waals surface area contributed by atoms with Gasteiger partial charge in [0, 0.05) is 0 Å². The van der Waals surface area contributed by atoms with E-state index in [0.717, 1.165) is 16.7 Å². The second kappa shape index (κ2) is 6.93. The Kier molecular flexibility index (Phi) is 4.60. The van der Waals surface area contributed by atoms with E-state index in [1.807, 2.05) is 80.6 Å². The summed E-state index contributed by atoms with van der Waals surface area (Å²) in [5.74, 6) is 0. The zero-order chi connectivity index (χ0) is 18.9. The van der Waals surface area contributed by atoms with Gasteiger partial charge >= 0.3 is 0 Å². The van der Waals surface area contributed by atoms with Crippen molar-refractivity contribution in [3.63, 3.8) is 0 Å². The van der Waals surface area contributed by atoms with Crippen LogP contribution in [0.3, 0.4) is 0 Å². The fraction of sp³-hybridized carbons (Fsp3) is 0.250. The Balaban J connectivity index is 1.80. The van der Waals surface area contributed by atoms with Crippen molar-refractivity contribution >= 4 is 0 Å². The van der Waals surface area contributed by atoms with Gasteiger partial charge in [-0.15, -0.1) is 0 Å². The summed E-state index contributed by atoms with van der Waals surface area (Å²) in [6.07, 6.45) is 0. The van der Waals surface area contributed by atoms with Crippen LogP contribution in [-0.4, -0.2) is 16.9 Å². The van der Waals surface area contributed by atoms with Crippen molar-refractivity contribution in [3.8, 4) is 0 Å². The van der Waals surface area contributed by atoms with Crippen molar-refractivity contribution in [1.82, 2.24) is 5.06 Å². The third-order valence-electron chi connectivity index (χ3n) is 5.57. The maximum atomic E-state index is 11.5. The van der Waals surface area contributed by atoms with Gasteiger partial charge in [-0.2, -0.15) is 5.06 Å². The molecule has 4 rings (SSSR count). The molecule has 0 radical (unpaired) electrons. The van der Waals surface area contributed by atoms with Gasteiger partial charge in [0.1, 0.15) is 5.60 Å². The zero-order valence-electron chi connectivity index (χ0n) is 15.7. The number of ether oxygens (including phenoxy) is 1. The van der Waals surface area contributed by atoms with Crippen LogP contribution in [0.15, 0.2) is 91.0 Å². The molecule has 3 nitrogen and oxygen atoms in total. The number of benzene rings is 3. The van der Waals surface area contributed by atoms with E-state index in [4.69, 9.17) is 4.74 Å². The molecule has 27 heavy (non-hydrogen) atoms. The summed E-state index contributed by atoms with van der Waals surface area (Å²) < 4.78 is 6.05. The molecule has 0 amide bonds. The molecule has 0 spiro atoms. The maximum Gasteiger partial charge on any atom is 0.138 e. The molecule has 3 heteroatoms.